The molecule has 0 bridgehead atoms. The van der Waals surface area contributed by atoms with E-state index in [1.807, 2.05) is 54.6 Å². The molecule has 190 valence electrons. The minimum Gasteiger partial charge on any atom is -0.496 e. The van der Waals surface area contributed by atoms with Crippen molar-refractivity contribution in [3.05, 3.63) is 125 Å². The van der Waals surface area contributed by atoms with E-state index < -0.39 is 11.7 Å². The fourth-order valence-corrected chi connectivity index (χ4v) is 4.64. The number of nitrogens with zero attached hydrogens (tertiary/aromatic N) is 1. The highest BCUT2D eigenvalue weighted by Gasteiger charge is 2.23. The van der Waals surface area contributed by atoms with Gasteiger partial charge in [-0.2, -0.15) is 0 Å². The summed E-state index contributed by atoms with van der Waals surface area (Å²) < 4.78 is 33.5. The van der Waals surface area contributed by atoms with Crippen LogP contribution >= 0.6 is 11.6 Å². The van der Waals surface area contributed by atoms with Gasteiger partial charge in [-0.15, -0.1) is 0 Å². The van der Waals surface area contributed by atoms with Crippen LogP contribution in [-0.2, 0) is 11.2 Å². The zero-order valence-electron chi connectivity index (χ0n) is 20.4. The maximum atomic E-state index is 14.0. The lowest BCUT2D eigenvalue weighted by molar-refractivity contribution is -0.117. The number of carbonyl (C=O) groups excluding carboxylic acids is 1. The van der Waals surface area contributed by atoms with Crippen molar-refractivity contribution >= 4 is 34.1 Å². The molecule has 0 saturated heterocycles. The Morgan fingerprint density at radius 1 is 0.974 bits per heavy atom. The Labute approximate surface area is 223 Å². The number of para-hydroxylation sites is 1. The van der Waals surface area contributed by atoms with Gasteiger partial charge in [0.25, 0.3) is 0 Å². The van der Waals surface area contributed by atoms with Crippen LogP contribution in [0.2, 0.25) is 5.02 Å². The van der Waals surface area contributed by atoms with Crippen LogP contribution in [0.4, 0.5) is 14.5 Å². The van der Waals surface area contributed by atoms with Crippen molar-refractivity contribution in [3.8, 4) is 16.9 Å². The number of ether oxygens (including phenoxy) is 1. The number of amides is 1. The van der Waals surface area contributed by atoms with E-state index in [0.29, 0.717) is 28.8 Å². The molecule has 0 aliphatic rings. The molecule has 5 rings (SSSR count). The molecule has 38 heavy (non-hydrogen) atoms. The highest BCUT2D eigenvalue weighted by molar-refractivity contribution is 6.30. The Hall–Kier alpha value is -4.29. The summed E-state index contributed by atoms with van der Waals surface area (Å²) in [5, 5.41) is 3.50. The molecule has 1 N–H and O–H groups in total. The Balaban J connectivity index is 1.50. The van der Waals surface area contributed by atoms with Crippen molar-refractivity contribution in [2.24, 2.45) is 0 Å². The number of hydrogen-bond donors (Lipinski definition) is 1. The van der Waals surface area contributed by atoms with Gasteiger partial charge in [0.05, 0.1) is 23.6 Å². The SMILES string of the molecule is COc1ccccc1CC(C(=O)Nc1ccc(Cl)c(F)c1)c1ccc(-c2ccnc3ccc(F)cc23)cc1. The predicted octanol–water partition coefficient (Wildman–Crippen LogP) is 7.81. The Morgan fingerprint density at radius 3 is 2.53 bits per heavy atom. The lowest BCUT2D eigenvalue weighted by Gasteiger charge is -2.19. The average molecular weight is 529 g/mol. The maximum absolute atomic E-state index is 14.0. The number of carbonyl (C=O) groups is 1. The number of aromatic nitrogens is 1. The third-order valence-electron chi connectivity index (χ3n) is 6.45. The Morgan fingerprint density at radius 2 is 1.76 bits per heavy atom. The predicted molar refractivity (Wildman–Crippen MR) is 147 cm³/mol. The molecule has 0 aliphatic heterocycles. The quantitative estimate of drug-likeness (QED) is 0.234. The zero-order valence-corrected chi connectivity index (χ0v) is 21.2. The molecule has 1 atom stereocenters. The molecule has 5 aromatic rings. The van der Waals surface area contributed by atoms with Gasteiger partial charge in [-0.25, -0.2) is 8.78 Å². The summed E-state index contributed by atoms with van der Waals surface area (Å²) in [5.41, 5.74) is 4.32. The van der Waals surface area contributed by atoms with Crippen molar-refractivity contribution in [1.82, 2.24) is 4.98 Å². The topological polar surface area (TPSA) is 51.2 Å². The molecule has 0 saturated carbocycles. The van der Waals surface area contributed by atoms with E-state index in [9.17, 15) is 13.6 Å². The molecule has 7 heteroatoms. The molecular weight excluding hydrogens is 506 g/mol. The van der Waals surface area contributed by atoms with Gasteiger partial charge in [0.1, 0.15) is 17.4 Å². The van der Waals surface area contributed by atoms with Crippen LogP contribution in [0, 0.1) is 11.6 Å². The van der Waals surface area contributed by atoms with Crippen LogP contribution in [0.25, 0.3) is 22.0 Å². The summed E-state index contributed by atoms with van der Waals surface area (Å²) in [5.74, 6) is -1.19. The van der Waals surface area contributed by atoms with Crippen molar-refractivity contribution < 1.29 is 18.3 Å². The first-order chi connectivity index (χ1) is 18.4. The monoisotopic (exact) mass is 528 g/mol. The third kappa shape index (κ3) is 5.36. The number of rotatable bonds is 7. The van der Waals surface area contributed by atoms with Crippen molar-refractivity contribution in [2.75, 3.05) is 12.4 Å². The van der Waals surface area contributed by atoms with E-state index in [1.165, 1.54) is 24.3 Å². The molecule has 0 radical (unpaired) electrons. The Bertz CT molecular complexity index is 1620. The first kappa shape index (κ1) is 25.4. The summed E-state index contributed by atoms with van der Waals surface area (Å²) in [6, 6.07) is 25.6. The van der Waals surface area contributed by atoms with Crippen LogP contribution in [0.15, 0.2) is 97.2 Å². The van der Waals surface area contributed by atoms with E-state index >= 15 is 0 Å². The second-order valence-corrected chi connectivity index (χ2v) is 9.24. The Kier molecular flexibility index (Phi) is 7.33. The third-order valence-corrected chi connectivity index (χ3v) is 6.75. The van der Waals surface area contributed by atoms with Gasteiger partial charge in [-0.05, 0) is 77.2 Å². The van der Waals surface area contributed by atoms with Gasteiger partial charge in [0, 0.05) is 17.3 Å². The highest BCUT2D eigenvalue weighted by atomic mass is 35.5. The molecule has 1 amide bonds. The summed E-state index contributed by atoms with van der Waals surface area (Å²) in [6.45, 7) is 0. The summed E-state index contributed by atoms with van der Waals surface area (Å²) in [6.07, 6.45) is 2.04. The van der Waals surface area contributed by atoms with Gasteiger partial charge in [0.15, 0.2) is 0 Å². The molecular formula is C31H23ClF2N2O2. The first-order valence-corrected chi connectivity index (χ1v) is 12.3. The van der Waals surface area contributed by atoms with Crippen molar-refractivity contribution in [2.45, 2.75) is 12.3 Å². The van der Waals surface area contributed by atoms with Crippen LogP contribution in [0.1, 0.15) is 17.0 Å². The van der Waals surface area contributed by atoms with Gasteiger partial charge in [-0.3, -0.25) is 9.78 Å². The number of methoxy groups -OCH3 is 1. The van der Waals surface area contributed by atoms with Crippen LogP contribution in [0.5, 0.6) is 5.75 Å². The van der Waals surface area contributed by atoms with Crippen LogP contribution in [-0.4, -0.2) is 18.0 Å². The largest absolute Gasteiger partial charge is 0.496 e. The molecule has 4 aromatic carbocycles. The van der Waals surface area contributed by atoms with E-state index in [0.717, 1.165) is 22.3 Å². The number of halogens is 3. The fourth-order valence-electron chi connectivity index (χ4n) is 4.52. The minimum atomic E-state index is -0.615. The number of anilines is 1. The summed E-state index contributed by atoms with van der Waals surface area (Å²) in [4.78, 5) is 17.8. The lowest BCUT2D eigenvalue weighted by Crippen LogP contribution is -2.23. The number of benzene rings is 4. The van der Waals surface area contributed by atoms with Gasteiger partial charge >= 0.3 is 0 Å². The van der Waals surface area contributed by atoms with E-state index in [-0.39, 0.29) is 16.7 Å². The summed E-state index contributed by atoms with van der Waals surface area (Å²) in [7, 11) is 1.58. The van der Waals surface area contributed by atoms with Crippen molar-refractivity contribution in [1.29, 1.82) is 0 Å². The average Bonchev–Trinajstić information content (AvgIpc) is 2.93. The fraction of sp³-hybridized carbons (Fsp3) is 0.0968. The normalized spacial score (nSPS) is 11.8. The van der Waals surface area contributed by atoms with Crippen LogP contribution < -0.4 is 10.1 Å². The van der Waals surface area contributed by atoms with Crippen molar-refractivity contribution in [3.63, 3.8) is 0 Å². The van der Waals surface area contributed by atoms with Gasteiger partial charge in [0.2, 0.25) is 5.91 Å². The zero-order chi connectivity index (χ0) is 26.6. The second-order valence-electron chi connectivity index (χ2n) is 8.83. The van der Waals surface area contributed by atoms with Crippen LogP contribution in [0.3, 0.4) is 0 Å². The standard InChI is InChI=1S/C31H23ClF2N2O2/c1-38-30-5-3-2-4-21(30)16-25(31(37)36-23-11-12-27(32)28(34)18-23)20-8-6-19(7-9-20)24-14-15-35-29-13-10-22(33)17-26(24)29/h2-15,17-18,25H,16H2,1H3,(H,36,37). The number of hydrogen-bond acceptors (Lipinski definition) is 3. The van der Waals surface area contributed by atoms with Gasteiger partial charge < -0.3 is 10.1 Å². The first-order valence-electron chi connectivity index (χ1n) is 12.0. The maximum Gasteiger partial charge on any atom is 0.232 e. The molecule has 1 heterocycles. The van der Waals surface area contributed by atoms with E-state index in [1.54, 1.807) is 25.4 Å². The smallest absolute Gasteiger partial charge is 0.232 e. The van der Waals surface area contributed by atoms with E-state index in [4.69, 9.17) is 16.3 Å². The number of fused-ring (bicyclic) bond motifs is 1. The molecule has 0 aliphatic carbocycles. The van der Waals surface area contributed by atoms with E-state index in [2.05, 4.69) is 10.3 Å². The van der Waals surface area contributed by atoms with Gasteiger partial charge in [-0.1, -0.05) is 54.1 Å². The number of nitrogens with one attached hydrogen (secondary N) is 1. The summed E-state index contributed by atoms with van der Waals surface area (Å²) >= 11 is 5.80. The minimum absolute atomic E-state index is 0.0207. The molecule has 4 nitrogen and oxygen atoms in total. The molecule has 1 aromatic heterocycles. The second kappa shape index (κ2) is 11.0. The molecule has 1 unspecified atom stereocenters. The number of pyridine rings is 1. The molecule has 0 spiro atoms. The molecule has 0 fully saturated rings. The lowest BCUT2D eigenvalue weighted by atomic mass is 9.89. The highest BCUT2D eigenvalue weighted by Crippen LogP contribution is 2.32.